The Morgan fingerprint density at radius 3 is 2.52 bits per heavy atom. The van der Waals surface area contributed by atoms with Crippen LogP contribution in [0.25, 0.3) is 0 Å². The van der Waals surface area contributed by atoms with Crippen LogP contribution in [0.15, 0.2) is 54.6 Å². The van der Waals surface area contributed by atoms with Gasteiger partial charge in [-0.3, -0.25) is 4.79 Å². The minimum absolute atomic E-state index is 0.0369. The molecule has 1 amide bonds. The SMILES string of the molecule is O=C(CC1OC(=O)c2ccccc21)NC(c1ccccc1)C1CCC1. The third-order valence-electron chi connectivity index (χ3n) is 5.24. The maximum atomic E-state index is 12.6. The molecule has 2 atom stereocenters. The number of cyclic esters (lactones) is 1. The quantitative estimate of drug-likeness (QED) is 0.842. The summed E-state index contributed by atoms with van der Waals surface area (Å²) >= 11 is 0. The van der Waals surface area contributed by atoms with Crippen LogP contribution in [0, 0.1) is 5.92 Å². The summed E-state index contributed by atoms with van der Waals surface area (Å²) in [6.45, 7) is 0. The van der Waals surface area contributed by atoms with Crippen molar-refractivity contribution in [3.8, 4) is 0 Å². The number of hydrogen-bond donors (Lipinski definition) is 1. The van der Waals surface area contributed by atoms with Crippen LogP contribution in [-0.2, 0) is 9.53 Å². The number of benzene rings is 2. The van der Waals surface area contributed by atoms with Crippen LogP contribution >= 0.6 is 0 Å². The predicted molar refractivity (Wildman–Crippen MR) is 93.9 cm³/mol. The van der Waals surface area contributed by atoms with E-state index in [1.807, 2.05) is 36.4 Å². The molecule has 4 rings (SSSR count). The van der Waals surface area contributed by atoms with Crippen LogP contribution in [-0.4, -0.2) is 11.9 Å². The summed E-state index contributed by atoms with van der Waals surface area (Å²) < 4.78 is 5.39. The average Bonchev–Trinajstić information content (AvgIpc) is 2.90. The minimum Gasteiger partial charge on any atom is -0.453 e. The van der Waals surface area contributed by atoms with E-state index in [-0.39, 0.29) is 24.3 Å². The van der Waals surface area contributed by atoms with Crippen molar-refractivity contribution in [1.29, 1.82) is 0 Å². The second-order valence-corrected chi connectivity index (χ2v) is 6.83. The van der Waals surface area contributed by atoms with E-state index in [0.29, 0.717) is 11.5 Å². The highest BCUT2D eigenvalue weighted by Crippen LogP contribution is 2.38. The summed E-state index contributed by atoms with van der Waals surface area (Å²) in [5, 5.41) is 3.18. The standard InChI is InChI=1S/C21H21NO3/c23-19(13-18-16-11-4-5-12-17(16)21(24)25-18)22-20(15-9-6-10-15)14-7-2-1-3-8-14/h1-5,7-8,11-12,15,18,20H,6,9-10,13H2,(H,22,23). The lowest BCUT2D eigenvalue weighted by molar-refractivity contribution is -0.124. The number of carbonyl (C=O) groups is 2. The topological polar surface area (TPSA) is 55.4 Å². The van der Waals surface area contributed by atoms with Gasteiger partial charge in [0, 0.05) is 5.56 Å². The second kappa shape index (κ2) is 6.71. The number of hydrogen-bond acceptors (Lipinski definition) is 3. The molecule has 2 unspecified atom stereocenters. The molecule has 2 aromatic carbocycles. The molecule has 4 heteroatoms. The zero-order valence-electron chi connectivity index (χ0n) is 14.0. The largest absolute Gasteiger partial charge is 0.453 e. The molecule has 0 spiro atoms. The maximum absolute atomic E-state index is 12.6. The lowest BCUT2D eigenvalue weighted by atomic mass is 9.77. The Labute approximate surface area is 147 Å². The van der Waals surface area contributed by atoms with Gasteiger partial charge in [0.05, 0.1) is 18.0 Å². The molecule has 0 radical (unpaired) electrons. The van der Waals surface area contributed by atoms with Crippen molar-refractivity contribution in [2.45, 2.75) is 37.8 Å². The first-order valence-electron chi connectivity index (χ1n) is 8.86. The van der Waals surface area contributed by atoms with Gasteiger partial charge >= 0.3 is 5.97 Å². The second-order valence-electron chi connectivity index (χ2n) is 6.83. The van der Waals surface area contributed by atoms with E-state index in [4.69, 9.17) is 4.74 Å². The number of fused-ring (bicyclic) bond motifs is 1. The Morgan fingerprint density at radius 1 is 1.08 bits per heavy atom. The summed E-state index contributed by atoms with van der Waals surface area (Å²) in [5.41, 5.74) is 2.52. The van der Waals surface area contributed by atoms with E-state index in [9.17, 15) is 9.59 Å². The maximum Gasteiger partial charge on any atom is 0.339 e. The number of esters is 1. The van der Waals surface area contributed by atoms with Crippen LogP contribution in [0.2, 0.25) is 0 Å². The van der Waals surface area contributed by atoms with Gasteiger partial charge in [0.15, 0.2) is 0 Å². The highest BCUT2D eigenvalue weighted by Gasteiger charge is 2.34. The molecule has 0 aromatic heterocycles. The molecule has 0 saturated heterocycles. The normalized spacial score (nSPS) is 20.3. The molecule has 2 aromatic rings. The summed E-state index contributed by atoms with van der Waals surface area (Å²) in [6, 6.07) is 17.4. The molecule has 128 valence electrons. The van der Waals surface area contributed by atoms with Gasteiger partial charge < -0.3 is 10.1 Å². The Bertz CT molecular complexity index is 783. The number of amides is 1. The molecule has 1 saturated carbocycles. The Hall–Kier alpha value is -2.62. The molecule has 0 bridgehead atoms. The number of rotatable bonds is 5. The fourth-order valence-corrected chi connectivity index (χ4v) is 3.68. The molecular formula is C21H21NO3. The lowest BCUT2D eigenvalue weighted by Crippen LogP contribution is -2.36. The average molecular weight is 335 g/mol. The van der Waals surface area contributed by atoms with Gasteiger partial charge in [-0.05, 0) is 30.4 Å². The van der Waals surface area contributed by atoms with Crippen molar-refractivity contribution >= 4 is 11.9 Å². The lowest BCUT2D eigenvalue weighted by Gasteiger charge is -2.34. The van der Waals surface area contributed by atoms with Gasteiger partial charge in [-0.2, -0.15) is 0 Å². The van der Waals surface area contributed by atoms with Crippen LogP contribution in [0.4, 0.5) is 0 Å². The molecular weight excluding hydrogens is 314 g/mol. The van der Waals surface area contributed by atoms with Crippen LogP contribution in [0.3, 0.4) is 0 Å². The zero-order valence-corrected chi connectivity index (χ0v) is 14.0. The predicted octanol–water partition coefficient (Wildman–Crippen LogP) is 3.95. The molecule has 1 N–H and O–H groups in total. The number of ether oxygens (including phenoxy) is 1. The Morgan fingerprint density at radius 2 is 1.80 bits per heavy atom. The highest BCUT2D eigenvalue weighted by atomic mass is 16.5. The van der Waals surface area contributed by atoms with Crippen molar-refractivity contribution in [3.63, 3.8) is 0 Å². The fourth-order valence-electron chi connectivity index (χ4n) is 3.68. The van der Waals surface area contributed by atoms with Crippen molar-refractivity contribution in [3.05, 3.63) is 71.3 Å². The summed E-state index contributed by atoms with van der Waals surface area (Å²) in [5.74, 6) is 0.0759. The van der Waals surface area contributed by atoms with E-state index in [1.165, 1.54) is 6.42 Å². The highest BCUT2D eigenvalue weighted by molar-refractivity contribution is 5.94. The Balaban J connectivity index is 1.47. The van der Waals surface area contributed by atoms with Crippen molar-refractivity contribution < 1.29 is 14.3 Å². The van der Waals surface area contributed by atoms with Crippen LogP contribution in [0.1, 0.15) is 59.3 Å². The third-order valence-corrected chi connectivity index (χ3v) is 5.24. The van der Waals surface area contributed by atoms with Gasteiger partial charge in [0.2, 0.25) is 5.91 Å². The van der Waals surface area contributed by atoms with E-state index in [1.54, 1.807) is 6.07 Å². The van der Waals surface area contributed by atoms with Crippen LogP contribution < -0.4 is 5.32 Å². The Kier molecular flexibility index (Phi) is 4.26. The molecule has 1 heterocycles. The van der Waals surface area contributed by atoms with Gasteiger partial charge in [0.25, 0.3) is 0 Å². The van der Waals surface area contributed by atoms with Gasteiger partial charge in [-0.15, -0.1) is 0 Å². The van der Waals surface area contributed by atoms with Gasteiger partial charge in [0.1, 0.15) is 6.10 Å². The molecule has 2 aliphatic rings. The van der Waals surface area contributed by atoms with Crippen molar-refractivity contribution in [1.82, 2.24) is 5.32 Å². The molecule has 4 nitrogen and oxygen atoms in total. The third kappa shape index (κ3) is 3.16. The van der Waals surface area contributed by atoms with E-state index < -0.39 is 6.10 Å². The summed E-state index contributed by atoms with van der Waals surface area (Å²) in [4.78, 5) is 24.6. The molecule has 1 aliphatic carbocycles. The number of carbonyl (C=O) groups excluding carboxylic acids is 2. The number of nitrogens with one attached hydrogen (secondary N) is 1. The zero-order chi connectivity index (χ0) is 17.2. The molecule has 1 fully saturated rings. The first-order chi connectivity index (χ1) is 12.2. The monoisotopic (exact) mass is 335 g/mol. The molecule has 25 heavy (non-hydrogen) atoms. The van der Waals surface area contributed by atoms with Gasteiger partial charge in [-0.25, -0.2) is 4.79 Å². The van der Waals surface area contributed by atoms with E-state index >= 15 is 0 Å². The minimum atomic E-state index is -0.485. The van der Waals surface area contributed by atoms with E-state index in [0.717, 1.165) is 24.0 Å². The first-order valence-corrected chi connectivity index (χ1v) is 8.86. The summed E-state index contributed by atoms with van der Waals surface area (Å²) in [6.07, 6.45) is 3.18. The molecule has 1 aliphatic heterocycles. The smallest absolute Gasteiger partial charge is 0.339 e. The summed E-state index contributed by atoms with van der Waals surface area (Å²) in [7, 11) is 0. The van der Waals surface area contributed by atoms with Crippen molar-refractivity contribution in [2.75, 3.05) is 0 Å². The van der Waals surface area contributed by atoms with Crippen LogP contribution in [0.5, 0.6) is 0 Å². The first kappa shape index (κ1) is 15.9. The van der Waals surface area contributed by atoms with E-state index in [2.05, 4.69) is 17.4 Å². The van der Waals surface area contributed by atoms with Crippen molar-refractivity contribution in [2.24, 2.45) is 5.92 Å². The fraction of sp³-hybridized carbons (Fsp3) is 0.333. The van der Waals surface area contributed by atoms with Gasteiger partial charge in [-0.1, -0.05) is 55.0 Å².